The van der Waals surface area contributed by atoms with Crippen LogP contribution in [-0.4, -0.2) is 18.0 Å². The van der Waals surface area contributed by atoms with E-state index in [0.717, 1.165) is 19.4 Å². The van der Waals surface area contributed by atoms with Crippen molar-refractivity contribution in [3.8, 4) is 0 Å². The first-order valence-electron chi connectivity index (χ1n) is 3.14. The molecule has 1 saturated heterocycles. The molecule has 8 heavy (non-hydrogen) atoms. The lowest BCUT2D eigenvalue weighted by atomic mass is 10.1. The predicted octanol–water partition coefficient (Wildman–Crippen LogP) is 0.751. The predicted molar refractivity (Wildman–Crippen MR) is 30.4 cm³/mol. The second-order valence-corrected chi connectivity index (χ2v) is 2.22. The van der Waals surface area contributed by atoms with E-state index in [1.807, 2.05) is 0 Å². The lowest BCUT2D eigenvalue weighted by molar-refractivity contribution is -0.0825. The third kappa shape index (κ3) is 1.01. The van der Waals surface area contributed by atoms with Gasteiger partial charge in [-0.2, -0.15) is 0 Å². The van der Waals surface area contributed by atoms with Gasteiger partial charge in [-0.15, -0.1) is 0 Å². The third-order valence-electron chi connectivity index (χ3n) is 1.70. The van der Waals surface area contributed by atoms with Gasteiger partial charge in [0.25, 0.3) is 0 Å². The number of ether oxygens (including phenoxy) is 1. The second kappa shape index (κ2) is 2.46. The monoisotopic (exact) mass is 116 g/mol. The molecule has 1 rings (SSSR count). The van der Waals surface area contributed by atoms with Gasteiger partial charge < -0.3 is 9.84 Å². The number of hydrogen-bond donors (Lipinski definition) is 1. The summed E-state index contributed by atoms with van der Waals surface area (Å²) in [6, 6.07) is 0. The van der Waals surface area contributed by atoms with Gasteiger partial charge in [0.2, 0.25) is 0 Å². The van der Waals surface area contributed by atoms with Crippen molar-refractivity contribution < 1.29 is 9.84 Å². The van der Waals surface area contributed by atoms with Gasteiger partial charge in [0.1, 0.15) is 0 Å². The summed E-state index contributed by atoms with van der Waals surface area (Å²) in [6.45, 7) is 2.81. The fraction of sp³-hybridized carbons (Fsp3) is 1.00. The van der Waals surface area contributed by atoms with E-state index in [2.05, 4.69) is 6.92 Å². The molecule has 1 heterocycles. The second-order valence-electron chi connectivity index (χ2n) is 2.22. The quantitative estimate of drug-likeness (QED) is 0.547. The Morgan fingerprint density at radius 2 is 2.50 bits per heavy atom. The SMILES string of the molecule is CC[C@H]1CCOC1O. The summed E-state index contributed by atoms with van der Waals surface area (Å²) >= 11 is 0. The average Bonchev–Trinajstić information content (AvgIpc) is 2.14. The van der Waals surface area contributed by atoms with Crippen molar-refractivity contribution in [3.63, 3.8) is 0 Å². The van der Waals surface area contributed by atoms with Gasteiger partial charge in [0, 0.05) is 5.92 Å². The Bertz CT molecular complexity index is 72.9. The highest BCUT2D eigenvalue weighted by molar-refractivity contribution is 4.65. The van der Waals surface area contributed by atoms with Crippen LogP contribution in [0.4, 0.5) is 0 Å². The maximum Gasteiger partial charge on any atom is 0.157 e. The van der Waals surface area contributed by atoms with Crippen molar-refractivity contribution in [2.24, 2.45) is 5.92 Å². The van der Waals surface area contributed by atoms with Gasteiger partial charge in [-0.1, -0.05) is 6.92 Å². The lowest BCUT2D eigenvalue weighted by Crippen LogP contribution is -2.12. The van der Waals surface area contributed by atoms with Gasteiger partial charge in [-0.3, -0.25) is 0 Å². The smallest absolute Gasteiger partial charge is 0.157 e. The summed E-state index contributed by atoms with van der Waals surface area (Å²) in [5.41, 5.74) is 0. The Balaban J connectivity index is 2.30. The summed E-state index contributed by atoms with van der Waals surface area (Å²) in [5.74, 6) is 0.398. The molecule has 0 amide bonds. The van der Waals surface area contributed by atoms with Crippen LogP contribution in [0.2, 0.25) is 0 Å². The molecule has 1 N–H and O–H groups in total. The van der Waals surface area contributed by atoms with Crippen molar-refractivity contribution in [3.05, 3.63) is 0 Å². The zero-order valence-corrected chi connectivity index (χ0v) is 5.13. The van der Waals surface area contributed by atoms with E-state index in [1.165, 1.54) is 0 Å². The molecule has 1 fully saturated rings. The highest BCUT2D eigenvalue weighted by Crippen LogP contribution is 2.20. The van der Waals surface area contributed by atoms with Crippen LogP contribution in [0.1, 0.15) is 19.8 Å². The van der Waals surface area contributed by atoms with Gasteiger partial charge >= 0.3 is 0 Å². The standard InChI is InChI=1S/C6H12O2/c1-2-5-3-4-8-6(5)7/h5-7H,2-4H2,1H3/t5-,6?/m0/s1. The third-order valence-corrected chi connectivity index (χ3v) is 1.70. The van der Waals surface area contributed by atoms with Gasteiger partial charge in [-0.25, -0.2) is 0 Å². The molecule has 0 aromatic rings. The maximum absolute atomic E-state index is 8.97. The zero-order chi connectivity index (χ0) is 5.98. The molecule has 0 saturated carbocycles. The lowest BCUT2D eigenvalue weighted by Gasteiger charge is -2.07. The molecule has 0 radical (unpaired) electrons. The fourth-order valence-corrected chi connectivity index (χ4v) is 1.02. The van der Waals surface area contributed by atoms with Crippen molar-refractivity contribution in [1.82, 2.24) is 0 Å². The van der Waals surface area contributed by atoms with Crippen molar-refractivity contribution in [2.45, 2.75) is 26.1 Å². The first kappa shape index (κ1) is 6.05. The zero-order valence-electron chi connectivity index (χ0n) is 5.13. The van der Waals surface area contributed by atoms with Crippen molar-refractivity contribution >= 4 is 0 Å². The Morgan fingerprint density at radius 1 is 1.75 bits per heavy atom. The van der Waals surface area contributed by atoms with Crippen LogP contribution in [0, 0.1) is 5.92 Å². The van der Waals surface area contributed by atoms with Crippen LogP contribution >= 0.6 is 0 Å². The first-order chi connectivity index (χ1) is 3.84. The minimum Gasteiger partial charge on any atom is -0.368 e. The van der Waals surface area contributed by atoms with E-state index in [0.29, 0.717) is 5.92 Å². The van der Waals surface area contributed by atoms with Crippen LogP contribution in [-0.2, 0) is 4.74 Å². The Morgan fingerprint density at radius 3 is 2.75 bits per heavy atom. The van der Waals surface area contributed by atoms with Gasteiger partial charge in [-0.05, 0) is 12.8 Å². The van der Waals surface area contributed by atoms with E-state index in [-0.39, 0.29) is 0 Å². The van der Waals surface area contributed by atoms with E-state index < -0.39 is 6.29 Å². The van der Waals surface area contributed by atoms with E-state index in [4.69, 9.17) is 9.84 Å². The number of aliphatic hydroxyl groups excluding tert-OH is 1. The van der Waals surface area contributed by atoms with Crippen LogP contribution in [0.15, 0.2) is 0 Å². The molecule has 2 nitrogen and oxygen atoms in total. The minimum atomic E-state index is -0.472. The van der Waals surface area contributed by atoms with Crippen LogP contribution in [0.3, 0.4) is 0 Å². The van der Waals surface area contributed by atoms with Crippen LogP contribution < -0.4 is 0 Å². The Hall–Kier alpha value is -0.0800. The fourth-order valence-electron chi connectivity index (χ4n) is 1.02. The summed E-state index contributed by atoms with van der Waals surface area (Å²) in [5, 5.41) is 8.97. The molecule has 1 unspecified atom stereocenters. The molecule has 0 aliphatic carbocycles. The Kier molecular flexibility index (Phi) is 1.86. The molecule has 0 aromatic heterocycles. The highest BCUT2D eigenvalue weighted by atomic mass is 16.6. The molecule has 2 atom stereocenters. The first-order valence-corrected chi connectivity index (χ1v) is 3.14. The summed E-state index contributed by atoms with van der Waals surface area (Å²) < 4.78 is 4.91. The molecule has 48 valence electrons. The van der Waals surface area contributed by atoms with E-state index >= 15 is 0 Å². The van der Waals surface area contributed by atoms with Gasteiger partial charge in [0.15, 0.2) is 6.29 Å². The number of hydrogen-bond acceptors (Lipinski definition) is 2. The number of aliphatic hydroxyl groups is 1. The topological polar surface area (TPSA) is 29.5 Å². The normalized spacial score (nSPS) is 38.2. The average molecular weight is 116 g/mol. The van der Waals surface area contributed by atoms with Gasteiger partial charge in [0.05, 0.1) is 6.61 Å². The van der Waals surface area contributed by atoms with E-state index in [9.17, 15) is 0 Å². The highest BCUT2D eigenvalue weighted by Gasteiger charge is 2.23. The molecule has 0 aromatic carbocycles. The molecule has 2 heteroatoms. The summed E-state index contributed by atoms with van der Waals surface area (Å²) in [4.78, 5) is 0. The summed E-state index contributed by atoms with van der Waals surface area (Å²) in [6.07, 6.45) is 1.58. The Labute approximate surface area is 49.5 Å². The molecule has 0 spiro atoms. The van der Waals surface area contributed by atoms with Crippen LogP contribution in [0.25, 0.3) is 0 Å². The maximum atomic E-state index is 8.97. The largest absolute Gasteiger partial charge is 0.368 e. The van der Waals surface area contributed by atoms with Crippen molar-refractivity contribution in [2.75, 3.05) is 6.61 Å². The molecular formula is C6H12O2. The molecule has 0 bridgehead atoms. The van der Waals surface area contributed by atoms with Crippen LogP contribution in [0.5, 0.6) is 0 Å². The summed E-state index contributed by atoms with van der Waals surface area (Å²) in [7, 11) is 0. The molecule has 1 aliphatic rings. The van der Waals surface area contributed by atoms with E-state index in [1.54, 1.807) is 0 Å². The van der Waals surface area contributed by atoms with Crippen molar-refractivity contribution in [1.29, 1.82) is 0 Å². The minimum absolute atomic E-state index is 0.398. The number of rotatable bonds is 1. The molecular weight excluding hydrogens is 104 g/mol. The molecule has 1 aliphatic heterocycles.